The van der Waals surface area contributed by atoms with E-state index in [4.69, 9.17) is 29.4 Å². The molecule has 6 N–H and O–H groups in total. The molecule has 0 aliphatic rings. The van der Waals surface area contributed by atoms with E-state index >= 15 is 0 Å². The van der Waals surface area contributed by atoms with Crippen LogP contribution in [0.15, 0.2) is 0 Å². The summed E-state index contributed by atoms with van der Waals surface area (Å²) in [6.07, 6.45) is 1.15. The normalized spacial score (nSPS) is 15.3. The molecule has 0 aromatic rings. The van der Waals surface area contributed by atoms with Crippen molar-refractivity contribution in [2.45, 2.75) is 28.2 Å². The van der Waals surface area contributed by atoms with Crippen LogP contribution in [0, 0.1) is 0 Å². The quantitative estimate of drug-likeness (QED) is 0.183. The molecule has 0 aliphatic carbocycles. The average molecular weight is 649 g/mol. The van der Waals surface area contributed by atoms with E-state index in [9.17, 15) is 27.4 Å². The molecule has 3 unspecified atom stereocenters. The molecule has 0 fully saturated rings. The van der Waals surface area contributed by atoms with E-state index in [2.05, 4.69) is 0 Å². The van der Waals surface area contributed by atoms with Crippen molar-refractivity contribution in [3.05, 3.63) is 0 Å². The molecule has 0 aliphatic heterocycles. The topological polar surface area (TPSA) is 224 Å². The predicted molar refractivity (Wildman–Crippen MR) is 156 cm³/mol. The zero-order valence-corrected chi connectivity index (χ0v) is 29.0. The molecule has 0 bridgehead atoms. The molecule has 0 heterocycles. The summed E-state index contributed by atoms with van der Waals surface area (Å²) >= 11 is 0. The van der Waals surface area contributed by atoms with Gasteiger partial charge in [0, 0.05) is 78.5 Å². The van der Waals surface area contributed by atoms with Crippen LogP contribution in [-0.4, -0.2) is 125 Å². The molecule has 0 spiro atoms. The van der Waals surface area contributed by atoms with E-state index in [1.807, 2.05) is 0 Å². The zero-order valence-electron chi connectivity index (χ0n) is 22.5. The Morgan fingerprint density at radius 3 is 0.429 bits per heavy atom. The second-order valence-electron chi connectivity index (χ2n) is 7.98. The molecule has 218 valence electrons. The molecule has 0 saturated carbocycles. The first-order valence-electron chi connectivity index (χ1n) is 9.39. The summed E-state index contributed by atoms with van der Waals surface area (Å²) in [7, 11) is -15.9. The van der Waals surface area contributed by atoms with Crippen molar-refractivity contribution in [1.82, 2.24) is 0 Å². The van der Waals surface area contributed by atoms with E-state index < -0.39 is 44.2 Å². The van der Waals surface area contributed by atoms with E-state index in [0.29, 0.717) is 18.5 Å². The maximum absolute atomic E-state index is 10.1. The van der Waals surface area contributed by atoms with Crippen molar-refractivity contribution in [2.24, 2.45) is 0 Å². The van der Waals surface area contributed by atoms with Crippen molar-refractivity contribution < 1.29 is 56.8 Å². The summed E-state index contributed by atoms with van der Waals surface area (Å²) in [5.41, 5.74) is 0. The molecule has 0 saturated heterocycles. The summed E-state index contributed by atoms with van der Waals surface area (Å²) < 4.78 is 59.7. The molecule has 0 radical (unpaired) electrons. The van der Waals surface area contributed by atoms with E-state index in [0.717, 1.165) is 0 Å². The first-order valence-corrected chi connectivity index (χ1v) is 23.9. The van der Waals surface area contributed by atoms with Crippen molar-refractivity contribution in [3.63, 3.8) is 0 Å². The molecule has 35 heavy (non-hydrogen) atoms. The second kappa shape index (κ2) is 25.9. The van der Waals surface area contributed by atoms with Crippen molar-refractivity contribution in [1.29, 1.82) is 0 Å². The largest absolute Gasteiger partial charge is 3.00 e. The third-order valence-corrected chi connectivity index (χ3v) is 5.28. The Hall–Kier alpha value is 1.67. The molecule has 0 aromatic carbocycles. The van der Waals surface area contributed by atoms with Crippen LogP contribution in [-0.2, 0) is 27.4 Å². The molecule has 0 amide bonds. The van der Waals surface area contributed by atoms with Crippen LogP contribution < -0.4 is 0 Å². The van der Waals surface area contributed by atoms with Gasteiger partial charge in [-0.2, -0.15) is 0 Å². The average Bonchev–Trinajstić information content (AvgIpc) is 2.41. The van der Waals surface area contributed by atoms with Gasteiger partial charge in [-0.1, -0.05) is 28.2 Å². The second-order valence-corrected chi connectivity index (χ2v) is 24.0. The summed E-state index contributed by atoms with van der Waals surface area (Å²) in [5, 5.41) is 0. The van der Waals surface area contributed by atoms with Gasteiger partial charge in [0.05, 0.1) is 0 Å². The fraction of sp³-hybridized carbons (Fsp3) is 1.00. The van der Waals surface area contributed by atoms with E-state index in [-0.39, 0.29) is 24.8 Å². The van der Waals surface area contributed by atoms with Gasteiger partial charge in [0.15, 0.2) is 44.2 Å². The minimum absolute atomic E-state index is 0. The molecule has 0 rings (SSSR count). The van der Waals surface area contributed by atoms with Gasteiger partial charge in [0.2, 0.25) is 0 Å². The van der Waals surface area contributed by atoms with Gasteiger partial charge in [-0.3, -0.25) is 27.4 Å². The smallest absolute Gasteiger partial charge is 0.345 e. The van der Waals surface area contributed by atoms with Gasteiger partial charge in [0.1, 0.15) is 0 Å². The summed E-state index contributed by atoms with van der Waals surface area (Å²) in [6, 6.07) is 0. The van der Waals surface area contributed by atoms with Crippen LogP contribution in [0.2, 0.25) is 0 Å². The Balaban J connectivity index is -0.0000000413. The van der Waals surface area contributed by atoms with Crippen LogP contribution >= 0.6 is 44.2 Å². The van der Waals surface area contributed by atoms with Gasteiger partial charge >= 0.3 is 17.4 Å². The fourth-order valence-corrected chi connectivity index (χ4v) is 0. The van der Waals surface area contributed by atoms with Gasteiger partial charge in [-0.25, -0.2) is 0 Å². The van der Waals surface area contributed by atoms with Crippen LogP contribution in [0.4, 0.5) is 0 Å². The molecular formula is C16H52AlO12P6+3. The number of rotatable bonds is 3. The first-order chi connectivity index (χ1) is 13.7. The summed E-state index contributed by atoms with van der Waals surface area (Å²) in [6.45, 7) is 16.9. The summed E-state index contributed by atoms with van der Waals surface area (Å²) in [4.78, 5) is 49.4. The van der Waals surface area contributed by atoms with Gasteiger partial charge in [0.25, 0.3) is 0 Å². The fourth-order valence-electron chi connectivity index (χ4n) is 0. The maximum Gasteiger partial charge on any atom is 3.00 e. The van der Waals surface area contributed by atoms with Crippen LogP contribution in [0.25, 0.3) is 0 Å². The molecule has 19 heteroatoms. The minimum atomic E-state index is -2.65. The molecule has 12 nitrogen and oxygen atoms in total. The minimum Gasteiger partial charge on any atom is -0.345 e. The SMILES string of the molecule is C.CCP(C)(=O)O.CCP(C)(=O)O.CCP(C)(=O)O.CP(C)(=O)O.CP(C)(=O)O.CP(C)(=O)O.[Al+3]. The number of hydrogen-bond acceptors (Lipinski definition) is 6. The Bertz CT molecular complexity index is 613. The van der Waals surface area contributed by atoms with Crippen molar-refractivity contribution >= 4 is 61.6 Å². The third-order valence-electron chi connectivity index (χ3n) is 1.76. The van der Waals surface area contributed by atoms with Crippen LogP contribution in [0.3, 0.4) is 0 Å². The molecular weight excluding hydrogens is 597 g/mol. The van der Waals surface area contributed by atoms with Gasteiger partial charge in [-0.05, 0) is 0 Å². The van der Waals surface area contributed by atoms with E-state index in [1.54, 1.807) is 20.8 Å². The zero-order chi connectivity index (χ0) is 29.1. The van der Waals surface area contributed by atoms with Crippen LogP contribution in [0.1, 0.15) is 28.2 Å². The third kappa shape index (κ3) is 355. The number of hydrogen-bond donors (Lipinski definition) is 6. The predicted octanol–water partition coefficient (Wildman–Crippen LogP) is 4.52. The van der Waals surface area contributed by atoms with Crippen LogP contribution in [0.5, 0.6) is 0 Å². The standard InChI is InChI=1S/3C3H9O2P.3C2H7O2P.CH4.Al/c3*1-3-6(2,4)5;3*1-5(2,3)4;;/h3*3H2,1-2H3,(H,4,5);3*1-2H3,(H,3,4);1H4;/q;;;;;;;+3. The molecule has 3 atom stereocenters. The van der Waals surface area contributed by atoms with Gasteiger partial charge in [-0.15, -0.1) is 0 Å². The van der Waals surface area contributed by atoms with Crippen molar-refractivity contribution in [2.75, 3.05) is 78.5 Å². The molecule has 0 aromatic heterocycles. The monoisotopic (exact) mass is 649 g/mol. The summed E-state index contributed by atoms with van der Waals surface area (Å²) in [5.74, 6) is 0. The van der Waals surface area contributed by atoms with Crippen molar-refractivity contribution in [3.8, 4) is 0 Å². The van der Waals surface area contributed by atoms with E-state index in [1.165, 1.54) is 60.0 Å². The Morgan fingerprint density at radius 2 is 0.429 bits per heavy atom. The Kier molecular flexibility index (Phi) is 42.0. The Labute approximate surface area is 224 Å². The first kappa shape index (κ1) is 56.8. The van der Waals surface area contributed by atoms with Gasteiger partial charge < -0.3 is 29.4 Å². The maximum atomic E-state index is 10.1. The Morgan fingerprint density at radius 1 is 0.400 bits per heavy atom.